The van der Waals surface area contributed by atoms with Crippen LogP contribution in [0.4, 0.5) is 0 Å². The van der Waals surface area contributed by atoms with Crippen LogP contribution in [0.15, 0.2) is 29.2 Å². The lowest BCUT2D eigenvalue weighted by atomic mass is 10.2. The van der Waals surface area contributed by atoms with Crippen molar-refractivity contribution in [1.82, 2.24) is 4.90 Å². The SMILES string of the molecule is CN(C)C(=O)c1ccccc1S(C)=O. The Labute approximate surface area is 86.2 Å². The summed E-state index contributed by atoms with van der Waals surface area (Å²) in [6.07, 6.45) is 1.57. The van der Waals surface area contributed by atoms with Gasteiger partial charge >= 0.3 is 0 Å². The van der Waals surface area contributed by atoms with Crippen molar-refractivity contribution in [1.29, 1.82) is 0 Å². The fourth-order valence-corrected chi connectivity index (χ4v) is 1.87. The molecule has 1 amide bonds. The van der Waals surface area contributed by atoms with E-state index in [1.54, 1.807) is 44.6 Å². The summed E-state index contributed by atoms with van der Waals surface area (Å²) in [5.74, 6) is -0.115. The number of rotatable bonds is 2. The number of carbonyl (C=O) groups excluding carboxylic acids is 1. The number of carbonyl (C=O) groups is 1. The molecule has 1 rings (SSSR count). The van der Waals surface area contributed by atoms with Crippen molar-refractivity contribution in [3.63, 3.8) is 0 Å². The predicted molar refractivity (Wildman–Crippen MR) is 56.8 cm³/mol. The highest BCUT2D eigenvalue weighted by Gasteiger charge is 2.14. The van der Waals surface area contributed by atoms with Crippen LogP contribution in [0.25, 0.3) is 0 Å². The molecule has 0 spiro atoms. The molecule has 1 aromatic rings. The molecule has 0 saturated carbocycles. The summed E-state index contributed by atoms with van der Waals surface area (Å²) in [6, 6.07) is 6.96. The number of hydrogen-bond donors (Lipinski definition) is 0. The first kappa shape index (κ1) is 10.9. The molecule has 4 heteroatoms. The van der Waals surface area contributed by atoms with Crippen LogP contribution in [-0.4, -0.2) is 35.4 Å². The first-order valence-corrected chi connectivity index (χ1v) is 5.74. The molecular formula is C10H13NO2S. The molecule has 3 nitrogen and oxygen atoms in total. The third-order valence-corrected chi connectivity index (χ3v) is 2.81. The lowest BCUT2D eigenvalue weighted by molar-refractivity contribution is 0.0824. The second-order valence-corrected chi connectivity index (χ2v) is 4.50. The molecule has 76 valence electrons. The summed E-state index contributed by atoms with van der Waals surface area (Å²) in [5, 5.41) is 0. The van der Waals surface area contributed by atoms with Crippen molar-refractivity contribution >= 4 is 16.7 Å². The van der Waals surface area contributed by atoms with Crippen molar-refractivity contribution in [3.05, 3.63) is 29.8 Å². The second-order valence-electron chi connectivity index (χ2n) is 3.15. The zero-order chi connectivity index (χ0) is 10.7. The maximum atomic E-state index is 11.7. The monoisotopic (exact) mass is 211 g/mol. The molecule has 0 aliphatic carbocycles. The van der Waals surface area contributed by atoms with Gasteiger partial charge in [0.1, 0.15) is 0 Å². The first-order valence-electron chi connectivity index (χ1n) is 4.18. The molecule has 0 aliphatic heterocycles. The predicted octanol–water partition coefficient (Wildman–Crippen LogP) is 1.13. The molecule has 0 saturated heterocycles. The van der Waals surface area contributed by atoms with E-state index in [1.807, 2.05) is 0 Å². The molecule has 0 fully saturated rings. The van der Waals surface area contributed by atoms with Crippen LogP contribution in [0.2, 0.25) is 0 Å². The maximum absolute atomic E-state index is 11.7. The van der Waals surface area contributed by atoms with Gasteiger partial charge in [0.2, 0.25) is 0 Å². The molecule has 0 N–H and O–H groups in total. The van der Waals surface area contributed by atoms with E-state index in [-0.39, 0.29) is 5.91 Å². The molecule has 0 heterocycles. The van der Waals surface area contributed by atoms with Crippen LogP contribution in [0, 0.1) is 0 Å². The Kier molecular flexibility index (Phi) is 3.41. The van der Waals surface area contributed by atoms with E-state index in [0.29, 0.717) is 10.5 Å². The van der Waals surface area contributed by atoms with Crippen molar-refractivity contribution in [2.75, 3.05) is 20.4 Å². The molecule has 14 heavy (non-hydrogen) atoms. The van der Waals surface area contributed by atoms with Gasteiger partial charge in [-0.15, -0.1) is 0 Å². The van der Waals surface area contributed by atoms with Crippen molar-refractivity contribution in [3.8, 4) is 0 Å². The summed E-state index contributed by atoms with van der Waals surface area (Å²) >= 11 is 0. The van der Waals surface area contributed by atoms with Crippen LogP contribution in [0.1, 0.15) is 10.4 Å². The van der Waals surface area contributed by atoms with E-state index in [9.17, 15) is 9.00 Å². The highest BCUT2D eigenvalue weighted by molar-refractivity contribution is 7.84. The van der Waals surface area contributed by atoms with Gasteiger partial charge in [-0.05, 0) is 12.1 Å². The van der Waals surface area contributed by atoms with E-state index >= 15 is 0 Å². The first-order chi connectivity index (χ1) is 6.54. The van der Waals surface area contributed by atoms with Gasteiger partial charge in [0, 0.05) is 20.4 Å². The zero-order valence-electron chi connectivity index (χ0n) is 8.48. The summed E-state index contributed by atoms with van der Waals surface area (Å²) in [5.41, 5.74) is 0.512. The van der Waals surface area contributed by atoms with Crippen LogP contribution in [0.5, 0.6) is 0 Å². The topological polar surface area (TPSA) is 37.4 Å². The van der Waals surface area contributed by atoms with Crippen molar-refractivity contribution in [2.45, 2.75) is 4.90 Å². The normalized spacial score (nSPS) is 12.2. The summed E-state index contributed by atoms with van der Waals surface area (Å²) in [6.45, 7) is 0. The van der Waals surface area contributed by atoms with Gasteiger partial charge in [0.05, 0.1) is 21.3 Å². The van der Waals surface area contributed by atoms with Gasteiger partial charge < -0.3 is 4.90 Å². The van der Waals surface area contributed by atoms with Crippen molar-refractivity contribution in [2.24, 2.45) is 0 Å². The minimum absolute atomic E-state index is 0.115. The molecular weight excluding hydrogens is 198 g/mol. The molecule has 1 aromatic carbocycles. The van der Waals surface area contributed by atoms with Crippen LogP contribution in [-0.2, 0) is 10.8 Å². The smallest absolute Gasteiger partial charge is 0.254 e. The summed E-state index contributed by atoms with van der Waals surface area (Å²) in [7, 11) is 2.23. The van der Waals surface area contributed by atoms with Crippen LogP contribution >= 0.6 is 0 Å². The zero-order valence-corrected chi connectivity index (χ0v) is 9.30. The average Bonchev–Trinajstić information content (AvgIpc) is 2.16. The number of nitrogens with zero attached hydrogens (tertiary/aromatic N) is 1. The molecule has 1 atom stereocenters. The minimum Gasteiger partial charge on any atom is -0.345 e. The Bertz CT molecular complexity index is 374. The third-order valence-electron chi connectivity index (χ3n) is 1.83. The van der Waals surface area contributed by atoms with Gasteiger partial charge in [-0.2, -0.15) is 0 Å². The number of hydrogen-bond acceptors (Lipinski definition) is 2. The minimum atomic E-state index is -1.13. The quantitative estimate of drug-likeness (QED) is 0.735. The Morgan fingerprint density at radius 1 is 1.29 bits per heavy atom. The summed E-state index contributed by atoms with van der Waals surface area (Å²) < 4.78 is 11.3. The largest absolute Gasteiger partial charge is 0.345 e. The maximum Gasteiger partial charge on any atom is 0.254 e. The standard InChI is InChI=1S/C10H13NO2S/c1-11(2)10(12)8-6-4-5-7-9(8)14(3)13/h4-7H,1-3H3. The van der Waals surface area contributed by atoms with E-state index in [1.165, 1.54) is 4.90 Å². The van der Waals surface area contributed by atoms with Gasteiger partial charge in [0.15, 0.2) is 0 Å². The Morgan fingerprint density at radius 3 is 2.36 bits per heavy atom. The van der Waals surface area contributed by atoms with Crippen molar-refractivity contribution < 1.29 is 9.00 Å². The van der Waals surface area contributed by atoms with E-state index in [2.05, 4.69) is 0 Å². The Balaban J connectivity index is 3.20. The van der Waals surface area contributed by atoms with Crippen LogP contribution < -0.4 is 0 Å². The fraction of sp³-hybridized carbons (Fsp3) is 0.300. The number of benzene rings is 1. The lowest BCUT2D eigenvalue weighted by Crippen LogP contribution is -2.23. The number of amides is 1. The summed E-state index contributed by atoms with van der Waals surface area (Å²) in [4.78, 5) is 13.7. The third kappa shape index (κ3) is 2.20. The Morgan fingerprint density at radius 2 is 1.86 bits per heavy atom. The molecule has 0 bridgehead atoms. The Hall–Kier alpha value is -1.16. The van der Waals surface area contributed by atoms with Gasteiger partial charge in [-0.1, -0.05) is 12.1 Å². The van der Waals surface area contributed by atoms with Crippen LogP contribution in [0.3, 0.4) is 0 Å². The van der Waals surface area contributed by atoms with E-state index in [0.717, 1.165) is 0 Å². The lowest BCUT2D eigenvalue weighted by Gasteiger charge is -2.12. The van der Waals surface area contributed by atoms with E-state index in [4.69, 9.17) is 0 Å². The van der Waals surface area contributed by atoms with Gasteiger partial charge in [0.25, 0.3) is 5.91 Å². The highest BCUT2D eigenvalue weighted by Crippen LogP contribution is 2.13. The molecule has 1 unspecified atom stereocenters. The van der Waals surface area contributed by atoms with E-state index < -0.39 is 10.8 Å². The highest BCUT2D eigenvalue weighted by atomic mass is 32.2. The average molecular weight is 211 g/mol. The molecule has 0 aliphatic rings. The fourth-order valence-electron chi connectivity index (χ4n) is 1.13. The van der Waals surface area contributed by atoms with Gasteiger partial charge in [-0.3, -0.25) is 9.00 Å². The second kappa shape index (κ2) is 4.37. The molecule has 0 aromatic heterocycles. The van der Waals surface area contributed by atoms with Gasteiger partial charge in [-0.25, -0.2) is 0 Å². The molecule has 0 radical (unpaired) electrons.